The summed E-state index contributed by atoms with van der Waals surface area (Å²) >= 11 is 0. The van der Waals surface area contributed by atoms with Crippen molar-refractivity contribution >= 4 is 0 Å². The average molecular weight is 300 g/mol. The largest absolute Gasteiger partial charge is 0.325 e. The van der Waals surface area contributed by atoms with Gasteiger partial charge in [-0.1, -0.05) is 0 Å². The molecule has 2 nitrogen and oxygen atoms in total. The van der Waals surface area contributed by atoms with E-state index in [0.717, 1.165) is 23.7 Å². The van der Waals surface area contributed by atoms with Crippen molar-refractivity contribution in [2.45, 2.75) is 88.1 Å². The highest BCUT2D eigenvalue weighted by Crippen LogP contribution is 2.75. The molecular weight excluding hydrogens is 268 g/mol. The van der Waals surface area contributed by atoms with Gasteiger partial charge in [0.2, 0.25) is 0 Å². The second-order valence-electron chi connectivity index (χ2n) is 11.2. The van der Waals surface area contributed by atoms with E-state index in [2.05, 4.69) is 0 Å². The summed E-state index contributed by atoms with van der Waals surface area (Å²) < 4.78 is 0. The predicted octanol–water partition coefficient (Wildman–Crippen LogP) is 3.58. The lowest BCUT2D eigenvalue weighted by atomic mass is 9.33. The van der Waals surface area contributed by atoms with Crippen LogP contribution < -0.4 is 11.5 Å². The average Bonchev–Trinajstić information content (AvgIpc) is 2.31. The molecule has 0 spiro atoms. The standard InChI is InChI=1S/C20H32N2/c21-19-7-13-1-14(8-19)4-17(3-13,11-19)18-5-15-2-16(6-18)10-20(22,9-15)12-18/h13-16H,1-12,21-22H2/t13-,14-,15-,16+,17?,18?,19?,20?/m1/s1. The summed E-state index contributed by atoms with van der Waals surface area (Å²) in [6.45, 7) is 0. The van der Waals surface area contributed by atoms with Crippen LogP contribution in [-0.2, 0) is 0 Å². The van der Waals surface area contributed by atoms with E-state index in [4.69, 9.17) is 11.5 Å². The molecule has 0 radical (unpaired) electrons. The molecule has 0 aromatic carbocycles. The van der Waals surface area contributed by atoms with E-state index in [1.165, 1.54) is 77.0 Å². The Bertz CT molecular complexity index is 462. The van der Waals surface area contributed by atoms with Gasteiger partial charge in [0.25, 0.3) is 0 Å². The first kappa shape index (κ1) is 13.2. The second-order valence-corrected chi connectivity index (χ2v) is 11.2. The first-order valence-corrected chi connectivity index (χ1v) is 9.97. The summed E-state index contributed by atoms with van der Waals surface area (Å²) in [5, 5.41) is 0. The second kappa shape index (κ2) is 3.61. The molecule has 8 rings (SSSR count). The van der Waals surface area contributed by atoms with E-state index in [1.807, 2.05) is 0 Å². The quantitative estimate of drug-likeness (QED) is 0.777. The molecule has 0 aromatic heterocycles. The van der Waals surface area contributed by atoms with Crippen LogP contribution in [-0.4, -0.2) is 11.1 Å². The molecule has 22 heavy (non-hydrogen) atoms. The van der Waals surface area contributed by atoms with Gasteiger partial charge < -0.3 is 11.5 Å². The minimum absolute atomic E-state index is 0.204. The molecule has 0 heterocycles. The molecule has 122 valence electrons. The minimum Gasteiger partial charge on any atom is -0.325 e. The Morgan fingerprint density at radius 2 is 0.818 bits per heavy atom. The molecule has 2 heteroatoms. The molecule has 8 fully saturated rings. The Morgan fingerprint density at radius 3 is 1.09 bits per heavy atom. The Hall–Kier alpha value is -0.0800. The number of nitrogens with two attached hydrogens (primary N) is 2. The number of hydrogen-bond donors (Lipinski definition) is 2. The van der Waals surface area contributed by atoms with Crippen LogP contribution in [0.25, 0.3) is 0 Å². The fourth-order valence-corrected chi connectivity index (χ4v) is 9.91. The summed E-state index contributed by atoms with van der Waals surface area (Å²) in [5.41, 5.74) is 15.4. The summed E-state index contributed by atoms with van der Waals surface area (Å²) in [6, 6.07) is 0. The van der Waals surface area contributed by atoms with Gasteiger partial charge in [0.1, 0.15) is 0 Å². The zero-order valence-electron chi connectivity index (χ0n) is 13.9. The maximum atomic E-state index is 6.93. The van der Waals surface area contributed by atoms with Crippen molar-refractivity contribution in [1.29, 1.82) is 0 Å². The third kappa shape index (κ3) is 1.50. The molecule has 6 atom stereocenters. The van der Waals surface area contributed by atoms with Crippen LogP contribution in [0.2, 0.25) is 0 Å². The highest BCUT2D eigenvalue weighted by molar-refractivity contribution is 5.21. The smallest absolute Gasteiger partial charge is 0.0165 e. The van der Waals surface area contributed by atoms with Gasteiger partial charge in [0, 0.05) is 11.1 Å². The van der Waals surface area contributed by atoms with Gasteiger partial charge in [-0.05, 0) is 112 Å². The van der Waals surface area contributed by atoms with Gasteiger partial charge in [0.15, 0.2) is 0 Å². The van der Waals surface area contributed by atoms with E-state index in [-0.39, 0.29) is 11.1 Å². The van der Waals surface area contributed by atoms with E-state index in [9.17, 15) is 0 Å². The third-order valence-corrected chi connectivity index (χ3v) is 9.34. The maximum absolute atomic E-state index is 6.93. The van der Waals surface area contributed by atoms with E-state index < -0.39 is 0 Å². The van der Waals surface area contributed by atoms with Gasteiger partial charge in [-0.15, -0.1) is 0 Å². The van der Waals surface area contributed by atoms with Crippen molar-refractivity contribution in [2.75, 3.05) is 0 Å². The minimum atomic E-state index is 0.204. The first-order valence-electron chi connectivity index (χ1n) is 9.97. The van der Waals surface area contributed by atoms with Crippen LogP contribution in [0.15, 0.2) is 0 Å². The van der Waals surface area contributed by atoms with E-state index in [1.54, 1.807) is 0 Å². The molecule has 8 bridgehead atoms. The monoisotopic (exact) mass is 300 g/mol. The van der Waals surface area contributed by atoms with Crippen LogP contribution in [0.5, 0.6) is 0 Å². The van der Waals surface area contributed by atoms with Gasteiger partial charge in [-0.2, -0.15) is 0 Å². The van der Waals surface area contributed by atoms with Crippen molar-refractivity contribution in [3.63, 3.8) is 0 Å². The topological polar surface area (TPSA) is 52.0 Å². The Kier molecular flexibility index (Phi) is 2.18. The lowest BCUT2D eigenvalue weighted by Gasteiger charge is -2.73. The van der Waals surface area contributed by atoms with Crippen molar-refractivity contribution < 1.29 is 0 Å². The highest BCUT2D eigenvalue weighted by Gasteiger charge is 2.68. The molecule has 8 aliphatic carbocycles. The molecule has 4 N–H and O–H groups in total. The SMILES string of the molecule is NC12C[C@H]3C[C@@H](C1)CC(C14C[C@H]5C[C@@H](CC(N)(C5)C1)C4)(C3)C2. The van der Waals surface area contributed by atoms with Gasteiger partial charge >= 0.3 is 0 Å². The van der Waals surface area contributed by atoms with Crippen LogP contribution >= 0.6 is 0 Å². The van der Waals surface area contributed by atoms with E-state index in [0.29, 0.717) is 10.8 Å². The van der Waals surface area contributed by atoms with Crippen molar-refractivity contribution in [3.8, 4) is 0 Å². The molecule has 8 aliphatic rings. The van der Waals surface area contributed by atoms with Gasteiger partial charge in [-0.3, -0.25) is 0 Å². The predicted molar refractivity (Wildman–Crippen MR) is 88.1 cm³/mol. The van der Waals surface area contributed by atoms with Gasteiger partial charge in [-0.25, -0.2) is 0 Å². The van der Waals surface area contributed by atoms with Gasteiger partial charge in [0.05, 0.1) is 0 Å². The van der Waals surface area contributed by atoms with Crippen LogP contribution in [0.4, 0.5) is 0 Å². The zero-order valence-corrected chi connectivity index (χ0v) is 13.9. The van der Waals surface area contributed by atoms with Crippen molar-refractivity contribution in [1.82, 2.24) is 0 Å². The lowest BCUT2D eigenvalue weighted by molar-refractivity contribution is -0.207. The Morgan fingerprint density at radius 1 is 0.500 bits per heavy atom. The van der Waals surface area contributed by atoms with E-state index >= 15 is 0 Å². The van der Waals surface area contributed by atoms with Crippen molar-refractivity contribution in [3.05, 3.63) is 0 Å². The van der Waals surface area contributed by atoms with Crippen LogP contribution in [0, 0.1) is 34.5 Å². The molecule has 0 aromatic rings. The number of hydrogen-bond acceptors (Lipinski definition) is 2. The normalized spacial score (nSPS) is 67.9. The molecule has 0 aliphatic heterocycles. The molecule has 0 saturated heterocycles. The molecule has 0 amide bonds. The fraction of sp³-hybridized carbons (Fsp3) is 1.00. The summed E-state index contributed by atoms with van der Waals surface area (Å²) in [4.78, 5) is 0. The fourth-order valence-electron chi connectivity index (χ4n) is 9.91. The van der Waals surface area contributed by atoms with Crippen LogP contribution in [0.3, 0.4) is 0 Å². The summed E-state index contributed by atoms with van der Waals surface area (Å²) in [5.74, 6) is 3.81. The third-order valence-electron chi connectivity index (χ3n) is 9.34. The summed E-state index contributed by atoms with van der Waals surface area (Å²) in [7, 11) is 0. The highest BCUT2D eigenvalue weighted by atomic mass is 14.9. The molecular formula is C20H32N2. The van der Waals surface area contributed by atoms with Crippen LogP contribution in [0.1, 0.15) is 77.0 Å². The lowest BCUT2D eigenvalue weighted by Crippen LogP contribution is -2.70. The molecule has 2 unspecified atom stereocenters. The molecule has 8 saturated carbocycles. The first-order chi connectivity index (χ1) is 10.4. The summed E-state index contributed by atoms with van der Waals surface area (Å²) in [6.07, 6.45) is 17.1. The Labute approximate surface area is 134 Å². The number of rotatable bonds is 1. The maximum Gasteiger partial charge on any atom is 0.0165 e. The van der Waals surface area contributed by atoms with Crippen molar-refractivity contribution in [2.24, 2.45) is 46.0 Å². The Balaban J connectivity index is 1.46. The zero-order chi connectivity index (χ0) is 14.8.